The fourth-order valence-electron chi connectivity index (χ4n) is 1.81. The minimum absolute atomic E-state index is 0.175. The molecule has 1 fully saturated rings. The Kier molecular flexibility index (Phi) is 3.93. The first-order chi connectivity index (χ1) is 8.69. The summed E-state index contributed by atoms with van der Waals surface area (Å²) in [5, 5.41) is 0. The van der Waals surface area contributed by atoms with Gasteiger partial charge in [-0.05, 0) is 0 Å². The van der Waals surface area contributed by atoms with E-state index in [1.807, 2.05) is 4.90 Å². The summed E-state index contributed by atoms with van der Waals surface area (Å²) in [5.41, 5.74) is 5.49. The molecule has 1 aromatic heterocycles. The summed E-state index contributed by atoms with van der Waals surface area (Å²) in [5.74, 6) is 0.853. The first-order valence-corrected chi connectivity index (χ1v) is 5.70. The molecular weight excluding hydrogens is 236 g/mol. The zero-order chi connectivity index (χ0) is 13.0. The zero-order valence-electron chi connectivity index (χ0n) is 10.2. The third-order valence-electron chi connectivity index (χ3n) is 2.74. The van der Waals surface area contributed by atoms with Crippen LogP contribution in [0.15, 0.2) is 12.4 Å². The van der Waals surface area contributed by atoms with Gasteiger partial charge in [0, 0.05) is 13.1 Å². The lowest BCUT2D eigenvalue weighted by Gasteiger charge is -2.33. The van der Waals surface area contributed by atoms with E-state index in [0.717, 1.165) is 12.4 Å². The van der Waals surface area contributed by atoms with Gasteiger partial charge in [0.2, 0.25) is 0 Å². The van der Waals surface area contributed by atoms with Gasteiger partial charge in [0.25, 0.3) is 0 Å². The van der Waals surface area contributed by atoms with E-state index in [0.29, 0.717) is 19.0 Å². The molecule has 7 nitrogen and oxygen atoms in total. The van der Waals surface area contributed by atoms with Crippen LogP contribution in [0.1, 0.15) is 6.42 Å². The molecule has 98 valence electrons. The lowest BCUT2D eigenvalue weighted by Crippen LogP contribution is -2.43. The lowest BCUT2D eigenvalue weighted by atomic mass is 10.2. The van der Waals surface area contributed by atoms with Crippen LogP contribution in [0.2, 0.25) is 0 Å². The summed E-state index contributed by atoms with van der Waals surface area (Å²) in [7, 11) is 1.37. The van der Waals surface area contributed by atoms with E-state index >= 15 is 0 Å². The molecule has 0 spiro atoms. The van der Waals surface area contributed by atoms with Crippen LogP contribution in [-0.4, -0.2) is 48.8 Å². The van der Waals surface area contributed by atoms with Gasteiger partial charge in [-0.25, -0.2) is 9.97 Å². The number of hydrogen-bond acceptors (Lipinski definition) is 7. The van der Waals surface area contributed by atoms with Crippen LogP contribution in [0.5, 0.6) is 0 Å². The van der Waals surface area contributed by atoms with Gasteiger partial charge in [-0.1, -0.05) is 0 Å². The average Bonchev–Trinajstić information content (AvgIpc) is 2.40. The maximum Gasteiger partial charge on any atom is 0.308 e. The second kappa shape index (κ2) is 5.63. The molecule has 1 aliphatic heterocycles. The van der Waals surface area contributed by atoms with Crippen molar-refractivity contribution in [2.45, 2.75) is 12.5 Å². The van der Waals surface area contributed by atoms with Crippen molar-refractivity contribution in [2.75, 3.05) is 37.4 Å². The van der Waals surface area contributed by atoms with E-state index in [4.69, 9.17) is 10.5 Å². The highest BCUT2D eigenvalue weighted by atomic mass is 16.5. The van der Waals surface area contributed by atoms with Crippen molar-refractivity contribution in [3.8, 4) is 0 Å². The molecule has 18 heavy (non-hydrogen) atoms. The number of carbonyl (C=O) groups is 1. The van der Waals surface area contributed by atoms with E-state index in [9.17, 15) is 4.79 Å². The number of nitrogens with two attached hydrogens (primary N) is 1. The molecule has 1 saturated heterocycles. The van der Waals surface area contributed by atoms with Crippen LogP contribution >= 0.6 is 0 Å². The smallest absolute Gasteiger partial charge is 0.308 e. The summed E-state index contributed by atoms with van der Waals surface area (Å²) in [6.45, 7) is 1.86. The highest BCUT2D eigenvalue weighted by molar-refractivity contribution is 5.69. The van der Waals surface area contributed by atoms with Crippen molar-refractivity contribution in [3.05, 3.63) is 12.4 Å². The zero-order valence-corrected chi connectivity index (χ0v) is 10.2. The topological polar surface area (TPSA) is 90.6 Å². The van der Waals surface area contributed by atoms with E-state index in [1.54, 1.807) is 6.20 Å². The summed E-state index contributed by atoms with van der Waals surface area (Å²) >= 11 is 0. The van der Waals surface area contributed by atoms with Crippen molar-refractivity contribution in [1.82, 2.24) is 9.97 Å². The Labute approximate surface area is 105 Å². The summed E-state index contributed by atoms with van der Waals surface area (Å²) in [6, 6.07) is 0. The molecule has 0 amide bonds. The van der Waals surface area contributed by atoms with E-state index < -0.39 is 0 Å². The maximum absolute atomic E-state index is 11.2. The van der Waals surface area contributed by atoms with Gasteiger partial charge in [-0.2, -0.15) is 0 Å². The van der Waals surface area contributed by atoms with Gasteiger partial charge in [0.15, 0.2) is 0 Å². The van der Waals surface area contributed by atoms with Gasteiger partial charge in [-0.15, -0.1) is 0 Å². The van der Waals surface area contributed by atoms with Crippen LogP contribution in [0.25, 0.3) is 0 Å². The van der Waals surface area contributed by atoms with Crippen molar-refractivity contribution in [2.24, 2.45) is 0 Å². The quantitative estimate of drug-likeness (QED) is 0.746. The molecule has 0 radical (unpaired) electrons. The normalized spacial score (nSPS) is 19.6. The SMILES string of the molecule is COC(=O)CC1CN(c2cnc(N)cn2)CCO1. The highest BCUT2D eigenvalue weighted by Crippen LogP contribution is 2.16. The number of carbonyl (C=O) groups excluding carboxylic acids is 1. The third-order valence-corrected chi connectivity index (χ3v) is 2.74. The second-order valence-corrected chi connectivity index (χ2v) is 4.02. The molecular formula is C11H16N4O3. The number of hydrogen-bond donors (Lipinski definition) is 1. The van der Waals surface area contributed by atoms with Gasteiger partial charge < -0.3 is 20.1 Å². The lowest BCUT2D eigenvalue weighted by molar-refractivity contribution is -0.144. The average molecular weight is 252 g/mol. The predicted octanol–water partition coefficient (Wildman–Crippen LogP) is -0.173. The van der Waals surface area contributed by atoms with Crippen LogP contribution in [0, 0.1) is 0 Å². The van der Waals surface area contributed by atoms with Crippen molar-refractivity contribution < 1.29 is 14.3 Å². The second-order valence-electron chi connectivity index (χ2n) is 4.02. The molecule has 0 bridgehead atoms. The molecule has 1 unspecified atom stereocenters. The molecule has 1 atom stereocenters. The number of anilines is 2. The Hall–Kier alpha value is -1.89. The first-order valence-electron chi connectivity index (χ1n) is 5.70. The van der Waals surface area contributed by atoms with E-state index in [-0.39, 0.29) is 18.5 Å². The van der Waals surface area contributed by atoms with Crippen LogP contribution in [0.4, 0.5) is 11.6 Å². The summed E-state index contributed by atoms with van der Waals surface area (Å²) < 4.78 is 10.1. The number of methoxy groups -OCH3 is 1. The Balaban J connectivity index is 1.98. The number of nitrogens with zero attached hydrogens (tertiary/aromatic N) is 3. The number of rotatable bonds is 3. The Bertz CT molecular complexity index is 409. The fraction of sp³-hybridized carbons (Fsp3) is 0.545. The van der Waals surface area contributed by atoms with Gasteiger partial charge in [0.1, 0.15) is 11.6 Å². The minimum Gasteiger partial charge on any atom is -0.469 e. The van der Waals surface area contributed by atoms with Gasteiger partial charge >= 0.3 is 5.97 Å². The number of esters is 1. The Morgan fingerprint density at radius 1 is 1.61 bits per heavy atom. The van der Waals surface area contributed by atoms with Crippen LogP contribution < -0.4 is 10.6 Å². The Morgan fingerprint density at radius 2 is 2.44 bits per heavy atom. The minimum atomic E-state index is -0.273. The van der Waals surface area contributed by atoms with Crippen molar-refractivity contribution in [3.63, 3.8) is 0 Å². The largest absolute Gasteiger partial charge is 0.469 e. The van der Waals surface area contributed by atoms with Crippen molar-refractivity contribution in [1.29, 1.82) is 0 Å². The molecule has 2 heterocycles. The molecule has 1 aromatic rings. The molecule has 2 rings (SSSR count). The molecule has 1 aliphatic rings. The van der Waals surface area contributed by atoms with Crippen LogP contribution in [0.3, 0.4) is 0 Å². The predicted molar refractivity (Wildman–Crippen MR) is 65.0 cm³/mol. The molecule has 7 heteroatoms. The molecule has 0 saturated carbocycles. The number of morpholine rings is 1. The maximum atomic E-state index is 11.2. The number of aromatic nitrogens is 2. The summed E-state index contributed by atoms with van der Waals surface area (Å²) in [6.07, 6.45) is 3.20. The molecule has 2 N–H and O–H groups in total. The monoisotopic (exact) mass is 252 g/mol. The Morgan fingerprint density at radius 3 is 3.11 bits per heavy atom. The van der Waals surface area contributed by atoms with Crippen molar-refractivity contribution >= 4 is 17.6 Å². The molecule has 0 aromatic carbocycles. The van der Waals surface area contributed by atoms with Crippen LogP contribution in [-0.2, 0) is 14.3 Å². The fourth-order valence-corrected chi connectivity index (χ4v) is 1.81. The van der Waals surface area contributed by atoms with Gasteiger partial charge in [-0.3, -0.25) is 4.79 Å². The molecule has 0 aliphatic carbocycles. The van der Waals surface area contributed by atoms with E-state index in [1.165, 1.54) is 13.3 Å². The number of nitrogen functional groups attached to an aromatic ring is 1. The van der Waals surface area contributed by atoms with E-state index in [2.05, 4.69) is 14.7 Å². The highest BCUT2D eigenvalue weighted by Gasteiger charge is 2.24. The third kappa shape index (κ3) is 3.07. The first kappa shape index (κ1) is 12.6. The number of ether oxygens (including phenoxy) is 2. The standard InChI is InChI=1S/C11H16N4O3/c1-17-11(16)4-8-7-15(2-3-18-8)10-6-13-9(12)5-14-10/h5-6,8H,2-4,7H2,1H3,(H2,12,13). The summed E-state index contributed by atoms with van der Waals surface area (Å²) in [4.78, 5) is 21.4. The van der Waals surface area contributed by atoms with Gasteiger partial charge in [0.05, 0.1) is 38.6 Å².